The molecule has 2 aromatic carbocycles. The van der Waals surface area contributed by atoms with Crippen molar-refractivity contribution in [3.05, 3.63) is 108 Å². The van der Waals surface area contributed by atoms with Crippen LogP contribution in [0.2, 0.25) is 0 Å². The van der Waals surface area contributed by atoms with Crippen LogP contribution in [-0.2, 0) is 13.2 Å². The molecule has 4 aromatic heterocycles. The largest absolute Gasteiger partial charge is 0.488 e. The number of piperidine rings is 1. The van der Waals surface area contributed by atoms with Crippen LogP contribution in [0.5, 0.6) is 11.5 Å². The van der Waals surface area contributed by atoms with Crippen LogP contribution in [0.4, 0.5) is 0 Å². The molecule has 2 fully saturated rings. The minimum atomic E-state index is -0.989. The van der Waals surface area contributed by atoms with Gasteiger partial charge < -0.3 is 48.5 Å². The van der Waals surface area contributed by atoms with Crippen LogP contribution in [0.15, 0.2) is 94.6 Å². The number of carbonyl (C=O) groups excluding carboxylic acids is 1. The molecule has 0 bridgehead atoms. The number of furan rings is 2. The van der Waals surface area contributed by atoms with E-state index in [-0.39, 0.29) is 17.6 Å². The van der Waals surface area contributed by atoms with Gasteiger partial charge in [0.05, 0.1) is 25.1 Å². The predicted molar refractivity (Wildman–Crippen MR) is 201 cm³/mol. The molecule has 12 nitrogen and oxygen atoms in total. The Bertz CT molecular complexity index is 2050. The number of fused-ring (bicyclic) bond motifs is 2. The number of H-pyrrole nitrogens is 2. The molecule has 1 amide bonds. The van der Waals surface area contributed by atoms with Gasteiger partial charge in [0.25, 0.3) is 5.91 Å². The highest BCUT2D eigenvalue weighted by Gasteiger charge is 2.23. The van der Waals surface area contributed by atoms with Crippen molar-refractivity contribution in [2.45, 2.75) is 57.8 Å². The van der Waals surface area contributed by atoms with Gasteiger partial charge in [0.15, 0.2) is 0 Å². The Balaban J connectivity index is 0.000000193. The number of carbonyl (C=O) groups is 2. The molecule has 53 heavy (non-hydrogen) atoms. The molecule has 2 aliphatic heterocycles. The van der Waals surface area contributed by atoms with Crippen molar-refractivity contribution in [3.8, 4) is 11.5 Å². The topological polar surface area (TPSA) is 149 Å². The van der Waals surface area contributed by atoms with Gasteiger partial charge in [-0.3, -0.25) is 4.79 Å². The lowest BCUT2D eigenvalue weighted by molar-refractivity contribution is 0.0691. The average molecular weight is 722 g/mol. The quantitative estimate of drug-likeness (QED) is 0.101. The fourth-order valence-electron chi connectivity index (χ4n) is 7.02. The fourth-order valence-corrected chi connectivity index (χ4v) is 7.02. The lowest BCUT2D eigenvalue weighted by Crippen LogP contribution is -2.46. The third kappa shape index (κ3) is 9.51. The highest BCUT2D eigenvalue weighted by Crippen LogP contribution is 2.29. The molecular weight excluding hydrogens is 674 g/mol. The number of rotatable bonds is 12. The minimum absolute atomic E-state index is 0.0417. The van der Waals surface area contributed by atoms with Gasteiger partial charge in [-0.15, -0.1) is 0 Å². The van der Waals surface area contributed by atoms with Gasteiger partial charge in [-0.1, -0.05) is 25.0 Å². The summed E-state index contributed by atoms with van der Waals surface area (Å²) in [5.74, 6) is 0.367. The Hall–Kier alpha value is -5.46. The highest BCUT2D eigenvalue weighted by molar-refractivity contribution is 6.00. The van der Waals surface area contributed by atoms with Crippen LogP contribution in [0, 0.1) is 0 Å². The van der Waals surface area contributed by atoms with Crippen molar-refractivity contribution < 1.29 is 33.0 Å². The number of nitrogens with zero attached hydrogens (tertiary/aromatic N) is 2. The van der Waals surface area contributed by atoms with Crippen molar-refractivity contribution in [1.29, 1.82) is 0 Å². The number of ether oxygens (including phenoxy) is 2. The normalized spacial score (nSPS) is 15.8. The Morgan fingerprint density at radius 2 is 1.25 bits per heavy atom. The zero-order valence-electron chi connectivity index (χ0n) is 29.9. The fraction of sp³-hybridized carbons (Fsp3) is 0.366. The van der Waals surface area contributed by atoms with E-state index in [4.69, 9.17) is 23.4 Å². The van der Waals surface area contributed by atoms with E-state index < -0.39 is 5.97 Å². The molecule has 0 unspecified atom stereocenters. The maximum Gasteiger partial charge on any atom is 0.352 e. The number of carboxylic acid groups (broad SMARTS) is 1. The number of hydrogen-bond donors (Lipinski definition) is 4. The minimum Gasteiger partial charge on any atom is -0.488 e. The van der Waals surface area contributed by atoms with Gasteiger partial charge in [-0.25, -0.2) is 4.79 Å². The van der Waals surface area contributed by atoms with Crippen LogP contribution in [0.25, 0.3) is 21.8 Å². The number of carboxylic acids is 1. The maximum atomic E-state index is 13.0. The van der Waals surface area contributed by atoms with Crippen LogP contribution in [-0.4, -0.2) is 82.1 Å². The molecule has 8 rings (SSSR count). The zero-order valence-corrected chi connectivity index (χ0v) is 29.9. The second-order valence-electron chi connectivity index (χ2n) is 13.8. The lowest BCUT2D eigenvalue weighted by Gasteiger charge is -2.33. The molecule has 6 aromatic rings. The molecule has 0 saturated carbocycles. The van der Waals surface area contributed by atoms with Gasteiger partial charge in [0, 0.05) is 65.2 Å². The van der Waals surface area contributed by atoms with Crippen LogP contribution >= 0.6 is 0 Å². The van der Waals surface area contributed by atoms with Crippen LogP contribution in [0.3, 0.4) is 0 Å². The summed E-state index contributed by atoms with van der Waals surface area (Å²) in [6.07, 6.45) is 14.0. The van der Waals surface area contributed by atoms with E-state index in [0.29, 0.717) is 24.7 Å². The van der Waals surface area contributed by atoms with E-state index in [0.717, 1.165) is 71.2 Å². The lowest BCUT2D eigenvalue weighted by atomic mass is 10.0. The summed E-state index contributed by atoms with van der Waals surface area (Å²) in [6, 6.07) is 18.7. The Labute approximate surface area is 308 Å². The van der Waals surface area contributed by atoms with E-state index in [2.05, 4.69) is 25.1 Å². The summed E-state index contributed by atoms with van der Waals surface area (Å²) >= 11 is 0. The molecule has 0 spiro atoms. The van der Waals surface area contributed by atoms with Crippen molar-refractivity contribution in [1.82, 2.24) is 25.1 Å². The number of aromatic carboxylic acids is 1. The molecule has 0 radical (unpaired) electrons. The van der Waals surface area contributed by atoms with E-state index in [1.807, 2.05) is 54.6 Å². The number of nitrogens with one attached hydrogen (secondary N) is 3. The van der Waals surface area contributed by atoms with Gasteiger partial charge in [-0.2, -0.15) is 0 Å². The molecular formula is C41H47N5O7. The Morgan fingerprint density at radius 3 is 1.77 bits per heavy atom. The van der Waals surface area contributed by atoms with E-state index in [1.54, 1.807) is 31.1 Å². The first-order valence-electron chi connectivity index (χ1n) is 18.5. The maximum absolute atomic E-state index is 13.0. The monoisotopic (exact) mass is 721 g/mol. The summed E-state index contributed by atoms with van der Waals surface area (Å²) in [7, 11) is 0. The smallest absolute Gasteiger partial charge is 0.352 e. The van der Waals surface area contributed by atoms with Crippen LogP contribution < -0.4 is 14.8 Å². The third-order valence-corrected chi connectivity index (χ3v) is 10.0. The molecule has 12 heteroatoms. The first-order chi connectivity index (χ1) is 26.0. The number of aromatic nitrogens is 2. The molecule has 0 atom stereocenters. The summed E-state index contributed by atoms with van der Waals surface area (Å²) in [6.45, 7) is 7.75. The third-order valence-electron chi connectivity index (χ3n) is 10.0. The number of likely N-dealkylation sites (tertiary alicyclic amines) is 2. The SMILES string of the molecule is O=C(NC1CCN(CCN2CCCCCC2)CC1)c1cc2c(OCc3ccoc3)cccc2[nH]1.O=C(O)c1cc2c(OCc3ccoc3)cccc2[nH]1. The highest BCUT2D eigenvalue weighted by atomic mass is 16.5. The van der Waals surface area contributed by atoms with Gasteiger partial charge in [-0.05, 0) is 87.3 Å². The first kappa shape index (κ1) is 35.9. The predicted octanol–water partition coefficient (Wildman–Crippen LogP) is 7.45. The molecule has 0 aliphatic carbocycles. The number of aromatic amines is 2. The van der Waals surface area contributed by atoms with Crippen molar-refractivity contribution in [3.63, 3.8) is 0 Å². The second kappa shape index (κ2) is 17.4. The van der Waals surface area contributed by atoms with Gasteiger partial charge in [0.2, 0.25) is 0 Å². The Morgan fingerprint density at radius 1 is 0.717 bits per heavy atom. The molecule has 6 heterocycles. The van der Waals surface area contributed by atoms with Crippen molar-refractivity contribution in [2.75, 3.05) is 39.3 Å². The van der Waals surface area contributed by atoms with Crippen LogP contribution in [0.1, 0.15) is 70.6 Å². The molecule has 2 saturated heterocycles. The van der Waals surface area contributed by atoms with Gasteiger partial charge in [0.1, 0.15) is 36.1 Å². The average Bonchev–Trinajstić information content (AvgIpc) is 4.00. The van der Waals surface area contributed by atoms with Gasteiger partial charge >= 0.3 is 5.97 Å². The first-order valence-corrected chi connectivity index (χ1v) is 18.5. The molecule has 4 N–H and O–H groups in total. The number of benzene rings is 2. The summed E-state index contributed by atoms with van der Waals surface area (Å²) in [5, 5.41) is 13.9. The van der Waals surface area contributed by atoms with E-state index in [1.165, 1.54) is 45.3 Å². The molecule has 278 valence electrons. The standard InChI is InChI=1S/C27H36N4O3.C14H11NO4/c32-27(28-22-8-13-31(14-9-22)16-15-30-11-3-1-2-4-12-30)25-18-23-24(29-25)6-5-7-26(23)34-20-21-10-17-33-19-21;16-14(17)12-6-10-11(15-12)2-1-3-13(10)19-8-9-4-5-18-7-9/h5-7,10,17-19,22,29H,1-4,8-9,11-16,20H2,(H,28,32);1-7,15H,8H2,(H,16,17). The van der Waals surface area contributed by atoms with Crippen molar-refractivity contribution in [2.24, 2.45) is 0 Å². The summed E-state index contributed by atoms with van der Waals surface area (Å²) in [5.41, 5.74) is 4.27. The number of hydrogen-bond acceptors (Lipinski definition) is 8. The Kier molecular flexibility index (Phi) is 11.8. The number of amides is 1. The van der Waals surface area contributed by atoms with Crippen molar-refractivity contribution >= 4 is 33.7 Å². The zero-order chi connectivity index (χ0) is 36.4. The second-order valence-corrected chi connectivity index (χ2v) is 13.8. The van der Waals surface area contributed by atoms with E-state index >= 15 is 0 Å². The molecule has 2 aliphatic rings. The summed E-state index contributed by atoms with van der Waals surface area (Å²) < 4.78 is 21.7. The van der Waals surface area contributed by atoms with E-state index in [9.17, 15) is 9.59 Å². The summed E-state index contributed by atoms with van der Waals surface area (Å²) in [4.78, 5) is 35.2.